The number of ether oxygens (including phenoxy) is 1. The molecular weight excluding hydrogens is 264 g/mol. The van der Waals surface area contributed by atoms with Crippen LogP contribution in [-0.2, 0) is 0 Å². The highest BCUT2D eigenvalue weighted by Crippen LogP contribution is 2.17. The number of rotatable bonds is 5. The van der Waals surface area contributed by atoms with Crippen molar-refractivity contribution in [3.8, 4) is 5.75 Å². The van der Waals surface area contributed by atoms with Crippen LogP contribution in [0, 0.1) is 0 Å². The van der Waals surface area contributed by atoms with E-state index >= 15 is 0 Å². The zero-order chi connectivity index (χ0) is 15.1. The number of para-hydroxylation sites is 1. The Balaban J connectivity index is 2.03. The fourth-order valence-corrected chi connectivity index (χ4v) is 1.76. The summed E-state index contributed by atoms with van der Waals surface area (Å²) < 4.78 is 5.68. The first-order valence-corrected chi connectivity index (χ1v) is 6.81. The molecule has 1 amide bonds. The molecule has 0 bridgehead atoms. The molecule has 4 heteroatoms. The topological polar surface area (TPSA) is 50.7 Å². The van der Waals surface area contributed by atoms with Gasteiger partial charge in [0.1, 0.15) is 5.75 Å². The zero-order valence-electron chi connectivity index (χ0n) is 12.1. The Morgan fingerprint density at radius 3 is 2.48 bits per heavy atom. The van der Waals surface area contributed by atoms with Crippen LogP contribution in [0.15, 0.2) is 59.7 Å². The van der Waals surface area contributed by atoms with Crippen molar-refractivity contribution in [2.75, 3.05) is 0 Å². The Labute approximate surface area is 124 Å². The second-order valence-electron chi connectivity index (χ2n) is 4.77. The van der Waals surface area contributed by atoms with E-state index in [9.17, 15) is 4.79 Å². The number of carbonyl (C=O) groups is 1. The van der Waals surface area contributed by atoms with Gasteiger partial charge in [0.15, 0.2) is 0 Å². The molecule has 0 spiro atoms. The van der Waals surface area contributed by atoms with E-state index in [0.717, 1.165) is 11.3 Å². The average molecular weight is 282 g/mol. The van der Waals surface area contributed by atoms with Crippen LogP contribution in [-0.4, -0.2) is 18.2 Å². The monoisotopic (exact) mass is 282 g/mol. The van der Waals surface area contributed by atoms with E-state index in [4.69, 9.17) is 4.74 Å². The van der Waals surface area contributed by atoms with E-state index in [1.54, 1.807) is 18.3 Å². The van der Waals surface area contributed by atoms with E-state index in [-0.39, 0.29) is 12.0 Å². The molecule has 4 nitrogen and oxygen atoms in total. The van der Waals surface area contributed by atoms with E-state index in [1.165, 1.54) is 0 Å². The van der Waals surface area contributed by atoms with E-state index < -0.39 is 0 Å². The molecule has 0 atom stereocenters. The van der Waals surface area contributed by atoms with Crippen molar-refractivity contribution in [1.82, 2.24) is 5.43 Å². The van der Waals surface area contributed by atoms with Gasteiger partial charge in [-0.3, -0.25) is 4.79 Å². The summed E-state index contributed by atoms with van der Waals surface area (Å²) in [6, 6.07) is 16.5. The Morgan fingerprint density at radius 1 is 1.10 bits per heavy atom. The lowest BCUT2D eigenvalue weighted by molar-refractivity contribution is 0.0955. The predicted molar refractivity (Wildman–Crippen MR) is 83.7 cm³/mol. The smallest absolute Gasteiger partial charge is 0.271 e. The molecular formula is C17H18N2O2. The fraction of sp³-hybridized carbons (Fsp3) is 0.176. The molecule has 108 valence electrons. The summed E-state index contributed by atoms with van der Waals surface area (Å²) in [5.74, 6) is 0.499. The minimum Gasteiger partial charge on any atom is -0.490 e. The van der Waals surface area contributed by atoms with Crippen LogP contribution in [0.5, 0.6) is 5.75 Å². The van der Waals surface area contributed by atoms with Gasteiger partial charge < -0.3 is 4.74 Å². The molecule has 21 heavy (non-hydrogen) atoms. The summed E-state index contributed by atoms with van der Waals surface area (Å²) in [5, 5.41) is 3.98. The molecule has 0 aliphatic heterocycles. The van der Waals surface area contributed by atoms with Crippen molar-refractivity contribution in [2.24, 2.45) is 5.10 Å². The lowest BCUT2D eigenvalue weighted by Gasteiger charge is -2.11. The van der Waals surface area contributed by atoms with Gasteiger partial charge in [-0.15, -0.1) is 0 Å². The first kappa shape index (κ1) is 14.8. The SMILES string of the molecule is CC(C)Oc1ccccc1/C=N/NC(=O)c1ccccc1. The highest BCUT2D eigenvalue weighted by molar-refractivity contribution is 5.95. The maximum Gasteiger partial charge on any atom is 0.271 e. The number of nitrogens with one attached hydrogen (secondary N) is 1. The second-order valence-corrected chi connectivity index (χ2v) is 4.77. The van der Waals surface area contributed by atoms with Gasteiger partial charge in [0.25, 0.3) is 5.91 Å². The van der Waals surface area contributed by atoms with Crippen LogP contribution in [0.25, 0.3) is 0 Å². The summed E-state index contributed by atoms with van der Waals surface area (Å²) in [7, 11) is 0. The minimum absolute atomic E-state index is 0.0819. The van der Waals surface area contributed by atoms with Crippen LogP contribution in [0.4, 0.5) is 0 Å². The van der Waals surface area contributed by atoms with Gasteiger partial charge in [0, 0.05) is 11.1 Å². The van der Waals surface area contributed by atoms with Gasteiger partial charge in [-0.2, -0.15) is 5.10 Å². The highest BCUT2D eigenvalue weighted by Gasteiger charge is 2.04. The zero-order valence-corrected chi connectivity index (χ0v) is 12.1. The third-order valence-electron chi connectivity index (χ3n) is 2.69. The quantitative estimate of drug-likeness (QED) is 0.676. The van der Waals surface area contributed by atoms with Gasteiger partial charge in [-0.25, -0.2) is 5.43 Å². The minimum atomic E-state index is -0.242. The number of hydrogen-bond acceptors (Lipinski definition) is 3. The standard InChI is InChI=1S/C17H18N2O2/c1-13(2)21-16-11-7-6-10-15(16)12-18-19-17(20)14-8-4-3-5-9-14/h3-13H,1-2H3,(H,19,20)/b18-12+. The number of benzene rings is 2. The second kappa shape index (κ2) is 7.24. The molecule has 1 N–H and O–H groups in total. The van der Waals surface area contributed by atoms with Gasteiger partial charge in [0.05, 0.1) is 12.3 Å². The number of carbonyl (C=O) groups excluding carboxylic acids is 1. The third-order valence-corrected chi connectivity index (χ3v) is 2.69. The van der Waals surface area contributed by atoms with Gasteiger partial charge >= 0.3 is 0 Å². The average Bonchev–Trinajstić information content (AvgIpc) is 2.49. The van der Waals surface area contributed by atoms with Gasteiger partial charge in [0.2, 0.25) is 0 Å². The van der Waals surface area contributed by atoms with Crippen LogP contribution >= 0.6 is 0 Å². The molecule has 0 saturated carbocycles. The maximum atomic E-state index is 11.8. The molecule has 2 aromatic carbocycles. The van der Waals surface area contributed by atoms with Crippen molar-refractivity contribution in [3.63, 3.8) is 0 Å². The summed E-state index contributed by atoms with van der Waals surface area (Å²) in [4.78, 5) is 11.8. The Kier molecular flexibility index (Phi) is 5.10. The Morgan fingerprint density at radius 2 is 1.76 bits per heavy atom. The molecule has 0 aliphatic carbocycles. The van der Waals surface area contributed by atoms with Crippen molar-refractivity contribution >= 4 is 12.1 Å². The van der Waals surface area contributed by atoms with Crippen molar-refractivity contribution in [2.45, 2.75) is 20.0 Å². The van der Waals surface area contributed by atoms with Crippen LogP contribution in [0.1, 0.15) is 29.8 Å². The molecule has 0 aromatic heterocycles. The van der Waals surface area contributed by atoms with E-state index in [2.05, 4.69) is 10.5 Å². The Bertz CT molecular complexity index is 622. The van der Waals surface area contributed by atoms with Crippen LogP contribution in [0.3, 0.4) is 0 Å². The number of amides is 1. The first-order valence-electron chi connectivity index (χ1n) is 6.81. The summed E-state index contributed by atoms with van der Waals surface area (Å²) in [6.07, 6.45) is 1.66. The fourth-order valence-electron chi connectivity index (χ4n) is 1.76. The summed E-state index contributed by atoms with van der Waals surface area (Å²) in [5.41, 5.74) is 3.89. The number of hydrogen-bond donors (Lipinski definition) is 1. The van der Waals surface area contributed by atoms with Crippen molar-refractivity contribution in [1.29, 1.82) is 0 Å². The molecule has 0 saturated heterocycles. The lowest BCUT2D eigenvalue weighted by Crippen LogP contribution is -2.17. The van der Waals surface area contributed by atoms with Crippen LogP contribution < -0.4 is 10.2 Å². The first-order chi connectivity index (χ1) is 10.2. The molecule has 0 unspecified atom stereocenters. The van der Waals surface area contributed by atoms with Gasteiger partial charge in [-0.1, -0.05) is 30.3 Å². The van der Waals surface area contributed by atoms with Crippen LogP contribution in [0.2, 0.25) is 0 Å². The number of hydrazone groups is 1. The molecule has 0 aliphatic rings. The van der Waals surface area contributed by atoms with E-state index in [0.29, 0.717) is 5.56 Å². The molecule has 0 fully saturated rings. The normalized spacial score (nSPS) is 10.8. The third kappa shape index (κ3) is 4.45. The molecule has 2 rings (SSSR count). The molecule has 2 aromatic rings. The van der Waals surface area contributed by atoms with Gasteiger partial charge in [-0.05, 0) is 38.1 Å². The summed E-state index contributed by atoms with van der Waals surface area (Å²) >= 11 is 0. The molecule has 0 heterocycles. The Hall–Kier alpha value is -2.62. The van der Waals surface area contributed by atoms with Crippen molar-refractivity contribution < 1.29 is 9.53 Å². The predicted octanol–water partition coefficient (Wildman–Crippen LogP) is 3.24. The van der Waals surface area contributed by atoms with E-state index in [1.807, 2.05) is 56.3 Å². The van der Waals surface area contributed by atoms with Crippen molar-refractivity contribution in [3.05, 3.63) is 65.7 Å². The number of nitrogens with zero attached hydrogens (tertiary/aromatic N) is 1. The maximum absolute atomic E-state index is 11.8. The molecule has 0 radical (unpaired) electrons. The largest absolute Gasteiger partial charge is 0.490 e. The highest BCUT2D eigenvalue weighted by atomic mass is 16.5. The summed E-state index contributed by atoms with van der Waals surface area (Å²) in [6.45, 7) is 3.93. The lowest BCUT2D eigenvalue weighted by atomic mass is 10.2.